The van der Waals surface area contributed by atoms with Gasteiger partial charge in [-0.1, -0.05) is 13.8 Å². The van der Waals surface area contributed by atoms with Gasteiger partial charge in [-0.3, -0.25) is 10.4 Å². The van der Waals surface area contributed by atoms with Gasteiger partial charge < -0.3 is 5.73 Å². The minimum absolute atomic E-state index is 0.0119. The van der Waals surface area contributed by atoms with E-state index in [-0.39, 0.29) is 5.84 Å². The number of nitrogen functional groups attached to an aromatic ring is 1. The summed E-state index contributed by atoms with van der Waals surface area (Å²) in [6.07, 6.45) is 6.41. The Morgan fingerprint density at radius 2 is 2.05 bits per heavy atom. The molecule has 0 aliphatic rings. The molecule has 2 heterocycles. The van der Waals surface area contributed by atoms with Crippen molar-refractivity contribution in [2.75, 3.05) is 0 Å². The smallest absolute Gasteiger partial charge is 0.136 e. The molecule has 0 saturated carbocycles. The quantitative estimate of drug-likeness (QED) is 0.643. The standard InChI is InChI=1S/C13H16N6S/c1-3-8-9(4-2)18-19-13(11(8)12(14)15)20-10-7-16-5-6-17-10/h5-7H,3-4H2,1-2H3,(H3,14,15). The second kappa shape index (κ2) is 6.42. The molecule has 104 valence electrons. The van der Waals surface area contributed by atoms with Gasteiger partial charge in [0.2, 0.25) is 0 Å². The van der Waals surface area contributed by atoms with Crippen LogP contribution in [0.3, 0.4) is 0 Å². The van der Waals surface area contributed by atoms with Gasteiger partial charge in [0.05, 0.1) is 17.5 Å². The van der Waals surface area contributed by atoms with Crippen LogP contribution < -0.4 is 5.73 Å². The average molecular weight is 288 g/mol. The Kier molecular flexibility index (Phi) is 4.62. The average Bonchev–Trinajstić information content (AvgIpc) is 2.47. The third kappa shape index (κ3) is 2.93. The molecule has 3 N–H and O–H groups in total. The number of hydrogen-bond acceptors (Lipinski definition) is 6. The maximum atomic E-state index is 7.82. The van der Waals surface area contributed by atoms with E-state index >= 15 is 0 Å². The molecule has 0 aliphatic carbocycles. The van der Waals surface area contributed by atoms with Crippen LogP contribution in [0.2, 0.25) is 0 Å². The van der Waals surface area contributed by atoms with Crippen molar-refractivity contribution in [3.8, 4) is 0 Å². The van der Waals surface area contributed by atoms with Gasteiger partial charge in [0, 0.05) is 12.4 Å². The van der Waals surface area contributed by atoms with Gasteiger partial charge in [0.1, 0.15) is 15.9 Å². The molecule has 0 bridgehead atoms. The van der Waals surface area contributed by atoms with Crippen LogP contribution in [-0.2, 0) is 12.8 Å². The first-order valence-electron chi connectivity index (χ1n) is 6.34. The number of nitrogens with two attached hydrogens (primary N) is 1. The lowest BCUT2D eigenvalue weighted by molar-refractivity contribution is 0.818. The van der Waals surface area contributed by atoms with Crippen molar-refractivity contribution < 1.29 is 0 Å². The first kappa shape index (κ1) is 14.4. The van der Waals surface area contributed by atoms with Crippen LogP contribution in [0, 0.1) is 5.41 Å². The minimum Gasteiger partial charge on any atom is -0.384 e. The van der Waals surface area contributed by atoms with Crippen molar-refractivity contribution in [2.45, 2.75) is 36.7 Å². The molecule has 0 atom stereocenters. The van der Waals surface area contributed by atoms with Crippen molar-refractivity contribution in [1.29, 1.82) is 5.41 Å². The molecule has 0 spiro atoms. The van der Waals surface area contributed by atoms with Gasteiger partial charge in [-0.2, -0.15) is 5.10 Å². The third-order valence-electron chi connectivity index (χ3n) is 2.82. The topological polar surface area (TPSA) is 101 Å². The van der Waals surface area contributed by atoms with E-state index in [2.05, 4.69) is 20.2 Å². The van der Waals surface area contributed by atoms with Crippen LogP contribution >= 0.6 is 11.8 Å². The summed E-state index contributed by atoms with van der Waals surface area (Å²) in [7, 11) is 0. The number of amidine groups is 1. The van der Waals surface area contributed by atoms with Gasteiger partial charge >= 0.3 is 0 Å². The number of nitrogens with zero attached hydrogens (tertiary/aromatic N) is 4. The van der Waals surface area contributed by atoms with Crippen molar-refractivity contribution in [3.05, 3.63) is 35.4 Å². The predicted molar refractivity (Wildman–Crippen MR) is 78.0 cm³/mol. The van der Waals surface area contributed by atoms with E-state index in [9.17, 15) is 0 Å². The van der Waals surface area contributed by atoms with Crippen molar-refractivity contribution in [2.24, 2.45) is 5.73 Å². The Hall–Kier alpha value is -2.02. The second-order valence-corrected chi connectivity index (χ2v) is 5.08. The van der Waals surface area contributed by atoms with E-state index in [1.54, 1.807) is 18.6 Å². The van der Waals surface area contributed by atoms with Gasteiger partial charge in [0.15, 0.2) is 0 Å². The van der Waals surface area contributed by atoms with E-state index in [4.69, 9.17) is 11.1 Å². The number of aromatic nitrogens is 4. The second-order valence-electron chi connectivity index (χ2n) is 4.07. The number of nitrogens with one attached hydrogen (secondary N) is 1. The number of rotatable bonds is 5. The first-order valence-corrected chi connectivity index (χ1v) is 7.15. The highest BCUT2D eigenvalue weighted by Crippen LogP contribution is 2.29. The summed E-state index contributed by atoms with van der Waals surface area (Å²) in [4.78, 5) is 8.21. The molecule has 0 aromatic carbocycles. The van der Waals surface area contributed by atoms with Crippen LogP contribution in [-0.4, -0.2) is 26.0 Å². The first-order chi connectivity index (χ1) is 9.67. The van der Waals surface area contributed by atoms with Crippen molar-refractivity contribution >= 4 is 17.6 Å². The normalized spacial score (nSPS) is 10.5. The Bertz CT molecular complexity index is 614. The molecule has 2 rings (SSSR count). The zero-order chi connectivity index (χ0) is 14.5. The summed E-state index contributed by atoms with van der Waals surface area (Å²) in [5, 5.41) is 17.6. The lowest BCUT2D eigenvalue weighted by Crippen LogP contribution is -2.18. The van der Waals surface area contributed by atoms with Gasteiger partial charge in [-0.15, -0.1) is 5.10 Å². The minimum atomic E-state index is 0.0119. The molecule has 0 saturated heterocycles. The fourth-order valence-electron chi connectivity index (χ4n) is 1.94. The van der Waals surface area contributed by atoms with E-state index in [1.807, 2.05) is 13.8 Å². The summed E-state index contributed by atoms with van der Waals surface area (Å²) in [6.45, 7) is 4.04. The zero-order valence-corrected chi connectivity index (χ0v) is 12.2. The van der Waals surface area contributed by atoms with E-state index in [1.165, 1.54) is 11.8 Å². The highest BCUT2D eigenvalue weighted by Gasteiger charge is 2.18. The summed E-state index contributed by atoms with van der Waals surface area (Å²) >= 11 is 1.32. The van der Waals surface area contributed by atoms with Crippen LogP contribution in [0.5, 0.6) is 0 Å². The Balaban J connectivity index is 2.50. The highest BCUT2D eigenvalue weighted by molar-refractivity contribution is 7.99. The molecule has 0 aliphatic heterocycles. The monoisotopic (exact) mass is 288 g/mol. The summed E-state index contributed by atoms with van der Waals surface area (Å²) in [6, 6.07) is 0. The highest BCUT2D eigenvalue weighted by atomic mass is 32.2. The molecule has 2 aromatic rings. The molecule has 6 nitrogen and oxygen atoms in total. The van der Waals surface area contributed by atoms with Crippen molar-refractivity contribution in [1.82, 2.24) is 20.2 Å². The zero-order valence-electron chi connectivity index (χ0n) is 11.4. The summed E-state index contributed by atoms with van der Waals surface area (Å²) in [5.74, 6) is 0.0119. The van der Waals surface area contributed by atoms with Gasteiger partial charge in [-0.05, 0) is 30.2 Å². The Morgan fingerprint density at radius 3 is 2.60 bits per heavy atom. The maximum Gasteiger partial charge on any atom is 0.136 e. The van der Waals surface area contributed by atoms with Crippen molar-refractivity contribution in [3.63, 3.8) is 0 Å². The van der Waals surface area contributed by atoms with Crippen LogP contribution in [0.25, 0.3) is 0 Å². The van der Waals surface area contributed by atoms with Gasteiger partial charge in [-0.25, -0.2) is 4.98 Å². The predicted octanol–water partition coefficient (Wildman–Crippen LogP) is 1.83. The largest absolute Gasteiger partial charge is 0.384 e. The number of aryl methyl sites for hydroxylation is 1. The van der Waals surface area contributed by atoms with Crippen LogP contribution in [0.15, 0.2) is 28.6 Å². The van der Waals surface area contributed by atoms with Crippen LogP contribution in [0.4, 0.5) is 0 Å². The third-order valence-corrected chi connectivity index (χ3v) is 3.72. The maximum absolute atomic E-state index is 7.82. The lowest BCUT2D eigenvalue weighted by atomic mass is 10.0. The van der Waals surface area contributed by atoms with E-state index in [0.717, 1.165) is 24.1 Å². The van der Waals surface area contributed by atoms with E-state index < -0.39 is 0 Å². The molecule has 0 radical (unpaired) electrons. The molecule has 0 unspecified atom stereocenters. The van der Waals surface area contributed by atoms with Gasteiger partial charge in [0.25, 0.3) is 0 Å². The molecular weight excluding hydrogens is 272 g/mol. The SMILES string of the molecule is CCc1nnc(Sc2cnccn2)c(C(=N)N)c1CC. The molecule has 20 heavy (non-hydrogen) atoms. The fraction of sp³-hybridized carbons (Fsp3) is 0.308. The number of hydrogen-bond donors (Lipinski definition) is 2. The Labute approximate surface area is 121 Å². The fourth-order valence-corrected chi connectivity index (χ4v) is 2.78. The lowest BCUT2D eigenvalue weighted by Gasteiger charge is -2.13. The Morgan fingerprint density at radius 1 is 1.25 bits per heavy atom. The summed E-state index contributed by atoms with van der Waals surface area (Å²) < 4.78 is 0. The molecule has 0 fully saturated rings. The molecule has 2 aromatic heterocycles. The molecule has 7 heteroatoms. The van der Waals surface area contributed by atoms with E-state index in [0.29, 0.717) is 15.6 Å². The molecule has 0 amide bonds. The molecular formula is C13H16N6S. The van der Waals surface area contributed by atoms with Crippen LogP contribution in [0.1, 0.15) is 30.7 Å². The summed E-state index contributed by atoms with van der Waals surface area (Å²) in [5.41, 5.74) is 8.27.